The number of nitrogens with one attached hydrogen (secondary N) is 1. The van der Waals surface area contributed by atoms with Gasteiger partial charge in [-0.05, 0) is 37.6 Å². The van der Waals surface area contributed by atoms with Gasteiger partial charge in [0.05, 0.1) is 11.0 Å². The molecule has 90 valence electrons. The van der Waals surface area contributed by atoms with Gasteiger partial charge in [-0.15, -0.1) is 0 Å². The van der Waals surface area contributed by atoms with Crippen LogP contribution in [0.3, 0.4) is 0 Å². The lowest BCUT2D eigenvalue weighted by atomic mass is 10.2. The van der Waals surface area contributed by atoms with Crippen molar-refractivity contribution >= 4 is 15.7 Å². The topological polar surface area (TPSA) is 92.4 Å². The minimum Gasteiger partial charge on any atom is -0.399 e. The number of aliphatic hydroxyl groups excluding tert-OH is 1. The third-order valence-corrected chi connectivity index (χ3v) is 3.36. The Balaban J connectivity index is 2.98. The molecule has 0 saturated carbocycles. The largest absolute Gasteiger partial charge is 0.399 e. The molecule has 6 heteroatoms. The van der Waals surface area contributed by atoms with E-state index in [0.717, 1.165) is 5.56 Å². The molecule has 0 aliphatic carbocycles. The third kappa shape index (κ3) is 3.48. The molecule has 0 radical (unpaired) electrons. The molecule has 0 saturated heterocycles. The lowest BCUT2D eigenvalue weighted by molar-refractivity contribution is 0.198. The van der Waals surface area contributed by atoms with Crippen LogP contribution in [-0.4, -0.2) is 26.2 Å². The molecule has 0 aliphatic rings. The summed E-state index contributed by atoms with van der Waals surface area (Å²) in [5.41, 5.74) is 6.75. The van der Waals surface area contributed by atoms with E-state index in [0.29, 0.717) is 5.69 Å². The number of hydrogen-bond donors (Lipinski definition) is 3. The van der Waals surface area contributed by atoms with Gasteiger partial charge >= 0.3 is 0 Å². The lowest BCUT2D eigenvalue weighted by Crippen LogP contribution is -2.30. The number of nitrogen functional groups attached to an aromatic ring is 1. The predicted molar refractivity (Wildman–Crippen MR) is 62.5 cm³/mol. The SMILES string of the molecule is Cc1cc(N)cc(S(=O)(=O)NC[C@H](C)O)c1. The summed E-state index contributed by atoms with van der Waals surface area (Å²) in [4.78, 5) is 0.116. The highest BCUT2D eigenvalue weighted by atomic mass is 32.2. The van der Waals surface area contributed by atoms with Crippen LogP contribution >= 0.6 is 0 Å². The Morgan fingerprint density at radius 1 is 1.44 bits per heavy atom. The Morgan fingerprint density at radius 2 is 2.06 bits per heavy atom. The van der Waals surface area contributed by atoms with Gasteiger partial charge in [-0.2, -0.15) is 0 Å². The first-order chi connectivity index (χ1) is 7.31. The van der Waals surface area contributed by atoms with Gasteiger partial charge in [0.15, 0.2) is 0 Å². The highest BCUT2D eigenvalue weighted by Crippen LogP contribution is 2.15. The van der Waals surface area contributed by atoms with Gasteiger partial charge in [0, 0.05) is 12.2 Å². The van der Waals surface area contributed by atoms with Crippen molar-refractivity contribution in [2.75, 3.05) is 12.3 Å². The molecule has 0 aromatic heterocycles. The molecule has 0 spiro atoms. The zero-order valence-electron chi connectivity index (χ0n) is 9.27. The van der Waals surface area contributed by atoms with Gasteiger partial charge in [0.1, 0.15) is 0 Å². The summed E-state index contributed by atoms with van der Waals surface area (Å²) in [5.74, 6) is 0. The van der Waals surface area contributed by atoms with E-state index in [1.165, 1.54) is 19.1 Å². The Hall–Kier alpha value is -1.11. The number of sulfonamides is 1. The Kier molecular flexibility index (Phi) is 3.90. The van der Waals surface area contributed by atoms with Crippen molar-refractivity contribution in [1.29, 1.82) is 0 Å². The number of anilines is 1. The number of nitrogens with two attached hydrogens (primary N) is 1. The van der Waals surface area contributed by atoms with Crippen LogP contribution in [0.2, 0.25) is 0 Å². The third-order valence-electron chi connectivity index (χ3n) is 1.95. The van der Waals surface area contributed by atoms with Crippen LogP contribution in [-0.2, 0) is 10.0 Å². The van der Waals surface area contributed by atoms with Crippen molar-refractivity contribution in [3.8, 4) is 0 Å². The fourth-order valence-corrected chi connectivity index (χ4v) is 2.50. The number of rotatable bonds is 4. The minimum absolute atomic E-state index is 0.0177. The molecule has 1 aromatic rings. The fraction of sp³-hybridized carbons (Fsp3) is 0.400. The highest BCUT2D eigenvalue weighted by molar-refractivity contribution is 7.89. The Morgan fingerprint density at radius 3 is 2.56 bits per heavy atom. The normalized spacial score (nSPS) is 13.7. The van der Waals surface area contributed by atoms with Gasteiger partial charge in [-0.25, -0.2) is 13.1 Å². The monoisotopic (exact) mass is 244 g/mol. The number of aryl methyl sites for hydroxylation is 1. The summed E-state index contributed by atoms with van der Waals surface area (Å²) in [6.07, 6.45) is -0.725. The first kappa shape index (κ1) is 13.0. The molecule has 0 heterocycles. The number of benzene rings is 1. The summed E-state index contributed by atoms with van der Waals surface area (Å²) in [6.45, 7) is 3.26. The average Bonchev–Trinajstić information content (AvgIpc) is 2.13. The van der Waals surface area contributed by atoms with Gasteiger partial charge in [0.25, 0.3) is 0 Å². The summed E-state index contributed by atoms with van der Waals surface area (Å²) in [5, 5.41) is 9.02. The van der Waals surface area contributed by atoms with Gasteiger partial charge in [-0.3, -0.25) is 0 Å². The Labute approximate surface area is 95.3 Å². The summed E-state index contributed by atoms with van der Waals surface area (Å²) in [6, 6.07) is 4.60. The van der Waals surface area contributed by atoms with E-state index in [1.54, 1.807) is 13.0 Å². The van der Waals surface area contributed by atoms with E-state index >= 15 is 0 Å². The smallest absolute Gasteiger partial charge is 0.240 e. The van der Waals surface area contributed by atoms with E-state index in [-0.39, 0.29) is 11.4 Å². The van der Waals surface area contributed by atoms with E-state index in [2.05, 4.69) is 4.72 Å². The second kappa shape index (κ2) is 4.82. The zero-order chi connectivity index (χ0) is 12.3. The van der Waals surface area contributed by atoms with E-state index in [4.69, 9.17) is 10.8 Å². The molecule has 16 heavy (non-hydrogen) atoms. The molecule has 0 fully saturated rings. The minimum atomic E-state index is -3.59. The van der Waals surface area contributed by atoms with Crippen LogP contribution in [0, 0.1) is 6.92 Å². The van der Waals surface area contributed by atoms with Crippen molar-refractivity contribution in [1.82, 2.24) is 4.72 Å². The molecule has 1 atom stereocenters. The van der Waals surface area contributed by atoms with Crippen molar-refractivity contribution in [3.05, 3.63) is 23.8 Å². The average molecular weight is 244 g/mol. The van der Waals surface area contributed by atoms with Gasteiger partial charge in [-0.1, -0.05) is 0 Å². The molecular formula is C10H16N2O3S. The molecule has 0 bridgehead atoms. The van der Waals surface area contributed by atoms with Crippen molar-refractivity contribution in [2.45, 2.75) is 24.8 Å². The van der Waals surface area contributed by atoms with Crippen LogP contribution < -0.4 is 10.5 Å². The molecule has 5 nitrogen and oxygen atoms in total. The summed E-state index contributed by atoms with van der Waals surface area (Å²) in [7, 11) is -3.59. The van der Waals surface area contributed by atoms with Crippen molar-refractivity contribution in [2.24, 2.45) is 0 Å². The number of aliphatic hydroxyl groups is 1. The van der Waals surface area contributed by atoms with Crippen molar-refractivity contribution in [3.63, 3.8) is 0 Å². The molecule has 0 amide bonds. The highest BCUT2D eigenvalue weighted by Gasteiger charge is 2.15. The van der Waals surface area contributed by atoms with E-state index < -0.39 is 16.1 Å². The van der Waals surface area contributed by atoms with E-state index in [1.807, 2.05) is 0 Å². The summed E-state index contributed by atoms with van der Waals surface area (Å²) < 4.78 is 25.8. The van der Waals surface area contributed by atoms with E-state index in [9.17, 15) is 8.42 Å². The van der Waals surface area contributed by atoms with Crippen molar-refractivity contribution < 1.29 is 13.5 Å². The molecular weight excluding hydrogens is 228 g/mol. The number of hydrogen-bond acceptors (Lipinski definition) is 4. The molecule has 1 aromatic carbocycles. The standard InChI is InChI=1S/C10H16N2O3S/c1-7-3-9(11)5-10(4-7)16(14,15)12-6-8(2)13/h3-5,8,12-13H,6,11H2,1-2H3/t8-/m0/s1. The zero-order valence-corrected chi connectivity index (χ0v) is 10.1. The maximum atomic E-state index is 11.8. The maximum absolute atomic E-state index is 11.8. The summed E-state index contributed by atoms with van der Waals surface area (Å²) >= 11 is 0. The van der Waals surface area contributed by atoms with Gasteiger partial charge in [0.2, 0.25) is 10.0 Å². The molecule has 1 rings (SSSR count). The first-order valence-electron chi connectivity index (χ1n) is 4.86. The van der Waals surface area contributed by atoms with Crippen LogP contribution in [0.25, 0.3) is 0 Å². The Bertz CT molecular complexity index is 449. The molecule has 0 aliphatic heterocycles. The fourth-order valence-electron chi connectivity index (χ4n) is 1.25. The first-order valence-corrected chi connectivity index (χ1v) is 6.34. The molecule has 4 N–H and O–H groups in total. The van der Waals surface area contributed by atoms with Crippen LogP contribution in [0.5, 0.6) is 0 Å². The van der Waals surface area contributed by atoms with Crippen LogP contribution in [0.4, 0.5) is 5.69 Å². The maximum Gasteiger partial charge on any atom is 0.240 e. The second-order valence-electron chi connectivity index (χ2n) is 3.78. The quantitative estimate of drug-likeness (QED) is 0.661. The van der Waals surface area contributed by atoms with Crippen LogP contribution in [0.15, 0.2) is 23.1 Å². The van der Waals surface area contributed by atoms with Crippen LogP contribution in [0.1, 0.15) is 12.5 Å². The van der Waals surface area contributed by atoms with Gasteiger partial charge < -0.3 is 10.8 Å². The second-order valence-corrected chi connectivity index (χ2v) is 5.55. The lowest BCUT2D eigenvalue weighted by Gasteiger charge is -2.09. The predicted octanol–water partition coefficient (Wildman–Crippen LogP) is 0.236. The molecule has 0 unspecified atom stereocenters.